The Bertz CT molecular complexity index is 502. The number of nitrogens with zero attached hydrogens (tertiary/aromatic N) is 1. The van der Waals surface area contributed by atoms with Gasteiger partial charge in [-0.05, 0) is 38.5 Å². The minimum absolute atomic E-state index is 0.335. The molecule has 0 saturated heterocycles. The molecule has 0 saturated carbocycles. The van der Waals surface area contributed by atoms with E-state index < -0.39 is 7.60 Å². The molecule has 5 heteroatoms. The van der Waals surface area contributed by atoms with Gasteiger partial charge in [0, 0.05) is 6.42 Å². The van der Waals surface area contributed by atoms with Gasteiger partial charge in [0.1, 0.15) is 0 Å². The highest BCUT2D eigenvalue weighted by Gasteiger charge is 2.41. The Labute approximate surface area is 207 Å². The first-order valence-electron chi connectivity index (χ1n) is 14.2. The van der Waals surface area contributed by atoms with Gasteiger partial charge in [0.05, 0.1) is 27.7 Å². The van der Waals surface area contributed by atoms with Crippen LogP contribution in [0.25, 0.3) is 0 Å². The maximum atomic E-state index is 12.7. The molecule has 0 fully saturated rings. The van der Waals surface area contributed by atoms with Crippen LogP contribution in [0, 0.1) is 0 Å². The van der Waals surface area contributed by atoms with Crippen LogP contribution in [0.3, 0.4) is 0 Å². The Kier molecular flexibility index (Phi) is 21.1. The van der Waals surface area contributed by atoms with E-state index in [0.717, 1.165) is 19.3 Å². The van der Waals surface area contributed by atoms with Gasteiger partial charge in [0.25, 0.3) is 0 Å². The molecule has 0 radical (unpaired) electrons. The van der Waals surface area contributed by atoms with Crippen molar-refractivity contribution in [2.75, 3.05) is 27.7 Å². The van der Waals surface area contributed by atoms with Crippen LogP contribution in [0.15, 0.2) is 12.2 Å². The van der Waals surface area contributed by atoms with E-state index in [2.05, 4.69) is 26.0 Å². The molecule has 1 N–H and O–H groups in total. The fraction of sp³-hybridized carbons (Fsp3) is 0.929. The van der Waals surface area contributed by atoms with E-state index in [4.69, 9.17) is 4.52 Å². The van der Waals surface area contributed by atoms with Crippen molar-refractivity contribution in [3.63, 3.8) is 0 Å². The average molecular weight is 489 g/mol. The standard InChI is InChI=1S/C28H58NO3P/c1-6-8-9-10-11-12-13-14-15-16-17-18-19-20-21-22-23-24-25-27-32-33(30,31)28(26-7-2)29(3,4)5/h15-16,28H,6-14,17-27H2,1-5H3/p+1/b16-15-. The summed E-state index contributed by atoms with van der Waals surface area (Å²) in [4.78, 5) is 10.4. The van der Waals surface area contributed by atoms with Gasteiger partial charge >= 0.3 is 7.60 Å². The SMILES string of the molecule is CCCCCCCCC/C=C\CCCCCCCCCCOP(=O)(O)C(CCC)[N+](C)(C)C. The van der Waals surface area contributed by atoms with Crippen LogP contribution in [0.5, 0.6) is 0 Å². The van der Waals surface area contributed by atoms with Crippen molar-refractivity contribution < 1.29 is 18.5 Å². The van der Waals surface area contributed by atoms with E-state index in [1.807, 2.05) is 21.1 Å². The first-order valence-corrected chi connectivity index (χ1v) is 15.8. The van der Waals surface area contributed by atoms with Crippen molar-refractivity contribution in [1.29, 1.82) is 0 Å². The zero-order valence-corrected chi connectivity index (χ0v) is 23.9. The van der Waals surface area contributed by atoms with Crippen molar-refractivity contribution >= 4 is 7.60 Å². The number of allylic oxidation sites excluding steroid dienone is 2. The molecule has 2 atom stereocenters. The maximum absolute atomic E-state index is 12.7. The minimum Gasteiger partial charge on any atom is -0.320 e. The van der Waals surface area contributed by atoms with Crippen LogP contribution in [0.2, 0.25) is 0 Å². The molecule has 0 amide bonds. The van der Waals surface area contributed by atoms with Crippen LogP contribution >= 0.6 is 7.60 Å². The summed E-state index contributed by atoms with van der Waals surface area (Å²) >= 11 is 0. The Hall–Kier alpha value is -0.150. The van der Waals surface area contributed by atoms with Gasteiger partial charge in [0.15, 0.2) is 5.78 Å². The van der Waals surface area contributed by atoms with Crippen molar-refractivity contribution in [2.45, 2.75) is 142 Å². The quantitative estimate of drug-likeness (QED) is 0.0637. The molecule has 0 aliphatic rings. The van der Waals surface area contributed by atoms with Crippen LogP contribution in [-0.2, 0) is 9.09 Å². The second kappa shape index (κ2) is 21.2. The van der Waals surface area contributed by atoms with E-state index in [9.17, 15) is 9.46 Å². The van der Waals surface area contributed by atoms with E-state index in [1.165, 1.54) is 96.3 Å². The molecular weight excluding hydrogens is 429 g/mol. The number of unbranched alkanes of at least 4 members (excludes halogenated alkanes) is 15. The Balaban J connectivity index is 3.52. The Morgan fingerprint density at radius 3 is 1.55 bits per heavy atom. The lowest BCUT2D eigenvalue weighted by Crippen LogP contribution is -2.45. The first-order chi connectivity index (χ1) is 15.8. The summed E-state index contributed by atoms with van der Waals surface area (Å²) in [6, 6.07) is 0. The molecule has 0 aromatic heterocycles. The molecule has 0 rings (SSSR count). The molecule has 0 aromatic carbocycles. The summed E-state index contributed by atoms with van der Waals surface area (Å²) < 4.78 is 18.6. The van der Waals surface area contributed by atoms with Crippen LogP contribution < -0.4 is 0 Å². The molecule has 4 nitrogen and oxygen atoms in total. The molecule has 0 aliphatic heterocycles. The normalized spacial score (nSPS) is 15.2. The zero-order valence-electron chi connectivity index (χ0n) is 23.0. The van der Waals surface area contributed by atoms with E-state index in [0.29, 0.717) is 17.5 Å². The maximum Gasteiger partial charge on any atom is 0.385 e. The molecule has 0 bridgehead atoms. The lowest BCUT2D eigenvalue weighted by Gasteiger charge is -2.35. The molecular formula is C28H59NO3P+. The van der Waals surface area contributed by atoms with Gasteiger partial charge in [-0.1, -0.05) is 103 Å². The van der Waals surface area contributed by atoms with Gasteiger partial charge < -0.3 is 13.9 Å². The van der Waals surface area contributed by atoms with Crippen LogP contribution in [0.1, 0.15) is 136 Å². The van der Waals surface area contributed by atoms with Crippen molar-refractivity contribution in [1.82, 2.24) is 0 Å². The monoisotopic (exact) mass is 488 g/mol. The van der Waals surface area contributed by atoms with Gasteiger partial charge in [-0.3, -0.25) is 4.57 Å². The Morgan fingerprint density at radius 2 is 1.12 bits per heavy atom. The Morgan fingerprint density at radius 1 is 0.697 bits per heavy atom. The average Bonchev–Trinajstić information content (AvgIpc) is 2.75. The topological polar surface area (TPSA) is 46.5 Å². The third-order valence-electron chi connectivity index (χ3n) is 6.50. The smallest absolute Gasteiger partial charge is 0.320 e. The molecule has 0 aromatic rings. The highest BCUT2D eigenvalue weighted by atomic mass is 31.2. The minimum atomic E-state index is -3.57. The zero-order chi connectivity index (χ0) is 24.8. The van der Waals surface area contributed by atoms with Gasteiger partial charge in [-0.2, -0.15) is 0 Å². The number of rotatable bonds is 24. The summed E-state index contributed by atoms with van der Waals surface area (Å²) in [5, 5.41) is 0. The fourth-order valence-corrected chi connectivity index (χ4v) is 6.43. The molecule has 0 spiro atoms. The molecule has 0 heterocycles. The van der Waals surface area contributed by atoms with E-state index in [-0.39, 0.29) is 5.78 Å². The van der Waals surface area contributed by atoms with Gasteiger partial charge in [0.2, 0.25) is 0 Å². The summed E-state index contributed by atoms with van der Waals surface area (Å²) in [5.41, 5.74) is 0. The lowest BCUT2D eigenvalue weighted by atomic mass is 10.1. The highest BCUT2D eigenvalue weighted by Crippen LogP contribution is 2.51. The number of hydrogen-bond donors (Lipinski definition) is 1. The van der Waals surface area contributed by atoms with Crippen molar-refractivity contribution in [3.8, 4) is 0 Å². The highest BCUT2D eigenvalue weighted by molar-refractivity contribution is 7.53. The summed E-state index contributed by atoms with van der Waals surface area (Å²) in [6.07, 6.45) is 28.4. The largest absolute Gasteiger partial charge is 0.385 e. The third kappa shape index (κ3) is 19.8. The van der Waals surface area contributed by atoms with Crippen LogP contribution in [-0.4, -0.2) is 42.9 Å². The predicted octanol–water partition coefficient (Wildman–Crippen LogP) is 9.23. The van der Waals surface area contributed by atoms with Gasteiger partial charge in [-0.15, -0.1) is 0 Å². The van der Waals surface area contributed by atoms with Crippen molar-refractivity contribution in [3.05, 3.63) is 12.2 Å². The van der Waals surface area contributed by atoms with E-state index >= 15 is 0 Å². The predicted molar refractivity (Wildman–Crippen MR) is 146 cm³/mol. The molecule has 0 aliphatic carbocycles. The van der Waals surface area contributed by atoms with E-state index in [1.54, 1.807) is 0 Å². The molecule has 33 heavy (non-hydrogen) atoms. The van der Waals surface area contributed by atoms with Gasteiger partial charge in [-0.25, -0.2) is 0 Å². The van der Waals surface area contributed by atoms with Crippen molar-refractivity contribution in [2.24, 2.45) is 0 Å². The number of quaternary nitrogens is 1. The summed E-state index contributed by atoms with van der Waals surface area (Å²) in [7, 11) is 2.35. The first kappa shape index (κ1) is 32.8. The molecule has 2 unspecified atom stereocenters. The second-order valence-corrected chi connectivity index (χ2v) is 12.8. The van der Waals surface area contributed by atoms with Crippen LogP contribution in [0.4, 0.5) is 0 Å². The summed E-state index contributed by atoms with van der Waals surface area (Å²) in [6.45, 7) is 4.73. The number of hydrogen-bond acceptors (Lipinski definition) is 2. The molecule has 198 valence electrons. The fourth-order valence-electron chi connectivity index (χ4n) is 4.41. The third-order valence-corrected chi connectivity index (χ3v) is 8.76. The second-order valence-electron chi connectivity index (χ2n) is 10.8. The lowest BCUT2D eigenvalue weighted by molar-refractivity contribution is -0.883. The summed E-state index contributed by atoms with van der Waals surface area (Å²) in [5.74, 6) is -0.335.